The van der Waals surface area contributed by atoms with Gasteiger partial charge in [-0.1, -0.05) is 15.9 Å². The molecule has 3 N–H and O–H groups in total. The van der Waals surface area contributed by atoms with Gasteiger partial charge in [0.15, 0.2) is 0 Å². The molecule has 0 radical (unpaired) electrons. The van der Waals surface area contributed by atoms with Gasteiger partial charge in [0.2, 0.25) is 0 Å². The molecule has 0 spiro atoms. The highest BCUT2D eigenvalue weighted by Crippen LogP contribution is 2.25. The van der Waals surface area contributed by atoms with Gasteiger partial charge in [-0.05, 0) is 18.6 Å². The fourth-order valence-corrected chi connectivity index (χ4v) is 1.90. The zero-order chi connectivity index (χ0) is 13.9. The minimum absolute atomic E-state index is 0.142. The van der Waals surface area contributed by atoms with Crippen molar-refractivity contribution in [3.8, 4) is 0 Å². The van der Waals surface area contributed by atoms with Crippen LogP contribution < -0.4 is 0 Å². The first-order valence-electron chi connectivity index (χ1n) is 5.02. The molecule has 1 rings (SSSR count). The second-order valence-corrected chi connectivity index (χ2v) is 4.44. The number of aliphatic hydroxyl groups is 2. The van der Waals surface area contributed by atoms with Crippen molar-refractivity contribution in [2.75, 3.05) is 5.33 Å². The van der Waals surface area contributed by atoms with E-state index in [9.17, 15) is 23.8 Å². The van der Waals surface area contributed by atoms with Gasteiger partial charge >= 0.3 is 5.97 Å². The predicted octanol–water partition coefficient (Wildman–Crippen LogP) is 1.84. The largest absolute Gasteiger partial charge is 0.478 e. The minimum Gasteiger partial charge on any atom is -0.478 e. The third kappa shape index (κ3) is 3.24. The van der Waals surface area contributed by atoms with Gasteiger partial charge in [-0.2, -0.15) is 0 Å². The molecule has 0 bridgehead atoms. The average molecular weight is 325 g/mol. The van der Waals surface area contributed by atoms with E-state index in [-0.39, 0.29) is 6.42 Å². The van der Waals surface area contributed by atoms with Crippen LogP contribution in [0.3, 0.4) is 0 Å². The maximum Gasteiger partial charge on any atom is 0.338 e. The van der Waals surface area contributed by atoms with Crippen LogP contribution >= 0.6 is 15.9 Å². The molecule has 2 unspecified atom stereocenters. The van der Waals surface area contributed by atoms with Gasteiger partial charge in [0.1, 0.15) is 17.7 Å². The van der Waals surface area contributed by atoms with E-state index in [1.54, 1.807) is 0 Å². The third-order valence-corrected chi connectivity index (χ3v) is 2.86. The van der Waals surface area contributed by atoms with Crippen molar-refractivity contribution in [3.63, 3.8) is 0 Å². The Morgan fingerprint density at radius 2 is 1.89 bits per heavy atom. The van der Waals surface area contributed by atoms with Gasteiger partial charge < -0.3 is 15.3 Å². The maximum atomic E-state index is 13.5. The summed E-state index contributed by atoms with van der Waals surface area (Å²) in [5.41, 5.74) is -1.29. The Morgan fingerprint density at radius 3 is 2.39 bits per heavy atom. The number of benzene rings is 1. The van der Waals surface area contributed by atoms with Crippen molar-refractivity contribution in [1.82, 2.24) is 0 Å². The van der Waals surface area contributed by atoms with Crippen LogP contribution in [0.1, 0.15) is 28.4 Å². The monoisotopic (exact) mass is 324 g/mol. The van der Waals surface area contributed by atoms with Gasteiger partial charge in [-0.3, -0.25) is 0 Å². The highest BCUT2D eigenvalue weighted by molar-refractivity contribution is 9.09. The Morgan fingerprint density at radius 1 is 1.28 bits per heavy atom. The van der Waals surface area contributed by atoms with Crippen LogP contribution in [0.4, 0.5) is 8.78 Å². The summed E-state index contributed by atoms with van der Waals surface area (Å²) in [5, 5.41) is 28.1. The molecule has 7 heteroatoms. The van der Waals surface area contributed by atoms with Gasteiger partial charge in [0, 0.05) is 10.9 Å². The zero-order valence-electron chi connectivity index (χ0n) is 9.11. The standard InChI is InChI=1S/C11H11BrF2O4/c12-2-1-9(15)10(16)5-3-8(14)6(11(17)18)4-7(5)13/h3-4,9-10,15-16H,1-2H2,(H,17,18). The summed E-state index contributed by atoms with van der Waals surface area (Å²) in [7, 11) is 0. The lowest BCUT2D eigenvalue weighted by Gasteiger charge is -2.18. The molecule has 100 valence electrons. The molecule has 0 aliphatic heterocycles. The van der Waals surface area contributed by atoms with E-state index < -0.39 is 40.9 Å². The van der Waals surface area contributed by atoms with Crippen LogP contribution in [0.25, 0.3) is 0 Å². The second kappa shape index (κ2) is 6.21. The van der Waals surface area contributed by atoms with Crippen molar-refractivity contribution in [2.24, 2.45) is 0 Å². The third-order valence-electron chi connectivity index (χ3n) is 2.40. The average Bonchev–Trinajstić information content (AvgIpc) is 2.30. The van der Waals surface area contributed by atoms with E-state index >= 15 is 0 Å². The van der Waals surface area contributed by atoms with Crippen LogP contribution in [0.5, 0.6) is 0 Å². The Balaban J connectivity index is 3.11. The molecular weight excluding hydrogens is 314 g/mol. The first-order valence-corrected chi connectivity index (χ1v) is 6.15. The number of alkyl halides is 1. The number of aromatic carboxylic acids is 1. The summed E-state index contributed by atoms with van der Waals surface area (Å²) < 4.78 is 26.9. The molecule has 0 fully saturated rings. The molecule has 1 aromatic rings. The Kier molecular flexibility index (Phi) is 5.18. The van der Waals surface area contributed by atoms with Crippen molar-refractivity contribution in [2.45, 2.75) is 18.6 Å². The molecule has 1 aromatic carbocycles. The summed E-state index contributed by atoms with van der Waals surface area (Å²) in [6, 6.07) is 1.07. The first-order chi connectivity index (χ1) is 8.38. The van der Waals surface area contributed by atoms with Gasteiger partial charge in [-0.15, -0.1) is 0 Å². The molecule has 2 atom stereocenters. The van der Waals surface area contributed by atoms with Crippen molar-refractivity contribution in [1.29, 1.82) is 0 Å². The number of carboxylic acids is 1. The quantitative estimate of drug-likeness (QED) is 0.722. The molecule has 0 aromatic heterocycles. The number of carbonyl (C=O) groups is 1. The number of rotatable bonds is 5. The van der Waals surface area contributed by atoms with E-state index in [1.165, 1.54) is 0 Å². The van der Waals surface area contributed by atoms with E-state index in [2.05, 4.69) is 15.9 Å². The van der Waals surface area contributed by atoms with Crippen molar-refractivity contribution < 1.29 is 28.9 Å². The molecular formula is C11H11BrF2O4. The number of carboxylic acid groups (broad SMARTS) is 1. The molecule has 0 aliphatic carbocycles. The van der Waals surface area contributed by atoms with Crippen LogP contribution in [0.15, 0.2) is 12.1 Å². The van der Waals surface area contributed by atoms with Crippen LogP contribution in [-0.4, -0.2) is 32.7 Å². The van der Waals surface area contributed by atoms with Crippen molar-refractivity contribution in [3.05, 3.63) is 34.9 Å². The Hall–Kier alpha value is -1.05. The smallest absolute Gasteiger partial charge is 0.338 e. The summed E-state index contributed by atoms with van der Waals surface area (Å²) >= 11 is 3.04. The maximum absolute atomic E-state index is 13.5. The molecule has 0 saturated carbocycles. The zero-order valence-corrected chi connectivity index (χ0v) is 10.7. The lowest BCUT2D eigenvalue weighted by Crippen LogP contribution is -2.20. The van der Waals surface area contributed by atoms with Gasteiger partial charge in [0.25, 0.3) is 0 Å². The molecule has 4 nitrogen and oxygen atoms in total. The molecule has 0 amide bonds. The molecule has 18 heavy (non-hydrogen) atoms. The topological polar surface area (TPSA) is 77.8 Å². The Bertz CT molecular complexity index is 453. The minimum atomic E-state index is -1.61. The number of hydrogen-bond donors (Lipinski definition) is 3. The second-order valence-electron chi connectivity index (χ2n) is 3.65. The first kappa shape index (κ1) is 15.0. The van der Waals surface area contributed by atoms with Crippen LogP contribution in [-0.2, 0) is 0 Å². The van der Waals surface area contributed by atoms with E-state index in [0.29, 0.717) is 17.5 Å². The normalized spacial score (nSPS) is 14.3. The fourth-order valence-electron chi connectivity index (χ4n) is 1.43. The SMILES string of the molecule is O=C(O)c1cc(F)c(C(O)C(O)CCBr)cc1F. The number of hydrogen-bond acceptors (Lipinski definition) is 3. The lowest BCUT2D eigenvalue weighted by atomic mass is 10.00. The van der Waals surface area contributed by atoms with Gasteiger partial charge in [0.05, 0.1) is 11.7 Å². The number of aliphatic hydroxyl groups excluding tert-OH is 2. The summed E-state index contributed by atoms with van der Waals surface area (Å²) in [6.45, 7) is 0. The highest BCUT2D eigenvalue weighted by Gasteiger charge is 2.24. The predicted molar refractivity (Wildman–Crippen MR) is 62.7 cm³/mol. The fraction of sp³-hybridized carbons (Fsp3) is 0.364. The van der Waals surface area contributed by atoms with E-state index in [1.807, 2.05) is 0 Å². The van der Waals surface area contributed by atoms with E-state index in [0.717, 1.165) is 0 Å². The van der Waals surface area contributed by atoms with Crippen LogP contribution in [0.2, 0.25) is 0 Å². The Labute approximate surface area is 110 Å². The summed E-state index contributed by atoms with van der Waals surface area (Å²) in [6.07, 6.45) is -2.74. The van der Waals surface area contributed by atoms with E-state index in [4.69, 9.17) is 5.11 Å². The molecule has 0 heterocycles. The van der Waals surface area contributed by atoms with Crippen molar-refractivity contribution >= 4 is 21.9 Å². The van der Waals surface area contributed by atoms with Gasteiger partial charge in [-0.25, -0.2) is 13.6 Å². The molecule has 0 aliphatic rings. The summed E-state index contributed by atoms with van der Waals surface area (Å²) in [5.74, 6) is -3.84. The molecule has 0 saturated heterocycles. The number of halogens is 3. The lowest BCUT2D eigenvalue weighted by molar-refractivity contribution is 0.0150. The summed E-state index contributed by atoms with van der Waals surface area (Å²) in [4.78, 5) is 10.6. The van der Waals surface area contributed by atoms with Crippen LogP contribution in [0, 0.1) is 11.6 Å². The highest BCUT2D eigenvalue weighted by atomic mass is 79.9.